The summed E-state index contributed by atoms with van der Waals surface area (Å²) >= 11 is 1.60. The van der Waals surface area contributed by atoms with Gasteiger partial charge in [0.2, 0.25) is 11.6 Å². The maximum atomic E-state index is 12.9. The minimum absolute atomic E-state index is 0.0149. The van der Waals surface area contributed by atoms with Gasteiger partial charge < -0.3 is 9.63 Å². The number of benzene rings is 2. The molecule has 0 radical (unpaired) electrons. The summed E-state index contributed by atoms with van der Waals surface area (Å²) in [6.45, 7) is 2.12. The summed E-state index contributed by atoms with van der Waals surface area (Å²) in [5.74, 6) is -1.23. The number of carbonyl (C=O) groups excluding carboxylic acids is 2. The number of aromatic nitrogens is 3. The van der Waals surface area contributed by atoms with E-state index in [1.54, 1.807) is 30.5 Å². The number of imide groups is 1. The van der Waals surface area contributed by atoms with Gasteiger partial charge in [0.15, 0.2) is 13.0 Å². The van der Waals surface area contributed by atoms with Gasteiger partial charge >= 0.3 is 0 Å². The zero-order chi connectivity index (χ0) is 22.4. The Balaban J connectivity index is 1.33. The van der Waals surface area contributed by atoms with Gasteiger partial charge in [-0.05, 0) is 48.9 Å². The van der Waals surface area contributed by atoms with Crippen molar-refractivity contribution in [1.29, 1.82) is 0 Å². The molecule has 10 heteroatoms. The number of amides is 2. The number of nitrogens with zero attached hydrogens (tertiary/aromatic N) is 4. The molecule has 2 aromatic carbocycles. The number of rotatable bonds is 5. The van der Waals surface area contributed by atoms with Gasteiger partial charge in [-0.1, -0.05) is 10.7 Å². The van der Waals surface area contributed by atoms with E-state index in [1.807, 2.05) is 31.2 Å². The molecule has 4 aromatic rings. The second-order valence-corrected chi connectivity index (χ2v) is 8.70. The molecule has 2 aromatic heterocycles. The van der Waals surface area contributed by atoms with Crippen molar-refractivity contribution < 1.29 is 23.9 Å². The van der Waals surface area contributed by atoms with Crippen molar-refractivity contribution in [3.63, 3.8) is 0 Å². The van der Waals surface area contributed by atoms with Crippen LogP contribution in [0.25, 0.3) is 20.8 Å². The number of nitrogens with one attached hydrogen (secondary N) is 1. The standard InChI is InChI=1S/C22H19N5O4S/c1-12-3-8-15-18(9-12)32-20(24-15)13-4-6-14(7-5-13)27-19(28)10-16(21(27)29)23-11-17-22(30)31-25-26(17)2/h3-9,16,23H,10-11H2,1-2H3. The molecular weight excluding hydrogens is 430 g/mol. The van der Waals surface area contributed by atoms with Gasteiger partial charge in [-0.2, -0.15) is 0 Å². The molecule has 1 atom stereocenters. The molecule has 5 rings (SSSR count). The molecule has 1 aliphatic heterocycles. The first-order valence-corrected chi connectivity index (χ1v) is 10.8. The highest BCUT2D eigenvalue weighted by Gasteiger charge is 2.39. The van der Waals surface area contributed by atoms with E-state index in [2.05, 4.69) is 26.2 Å². The Morgan fingerprint density at radius 3 is 2.75 bits per heavy atom. The zero-order valence-electron chi connectivity index (χ0n) is 17.4. The first-order chi connectivity index (χ1) is 15.4. The number of carbonyl (C=O) groups is 2. The number of aryl methyl sites for hydroxylation is 2. The van der Waals surface area contributed by atoms with Gasteiger partial charge in [-0.15, -0.1) is 11.3 Å². The predicted molar refractivity (Wildman–Crippen MR) is 115 cm³/mol. The summed E-state index contributed by atoms with van der Waals surface area (Å²) in [5.41, 5.74) is 3.83. The Labute approximate surface area is 186 Å². The Morgan fingerprint density at radius 2 is 2.03 bits per heavy atom. The molecule has 1 aliphatic rings. The Kier molecular flexibility index (Phi) is 4.95. The molecule has 0 spiro atoms. The fraction of sp³-hybridized carbons (Fsp3) is 0.227. The van der Waals surface area contributed by atoms with Crippen molar-refractivity contribution in [2.45, 2.75) is 25.9 Å². The number of hydrogen-bond donors (Lipinski definition) is 1. The van der Waals surface area contributed by atoms with Gasteiger partial charge in [0.05, 0.1) is 40.2 Å². The van der Waals surface area contributed by atoms with Crippen LogP contribution in [0.5, 0.6) is 5.95 Å². The van der Waals surface area contributed by atoms with E-state index in [4.69, 9.17) is 0 Å². The Bertz CT molecular complexity index is 1320. The Morgan fingerprint density at radius 1 is 1.25 bits per heavy atom. The monoisotopic (exact) mass is 449 g/mol. The highest BCUT2D eigenvalue weighted by molar-refractivity contribution is 7.21. The van der Waals surface area contributed by atoms with Crippen molar-refractivity contribution in [2.24, 2.45) is 7.05 Å². The van der Waals surface area contributed by atoms with Crippen LogP contribution in [0.2, 0.25) is 0 Å². The maximum absolute atomic E-state index is 12.9. The number of fused-ring (bicyclic) bond motifs is 1. The minimum atomic E-state index is -0.719. The molecule has 2 amide bonds. The summed E-state index contributed by atoms with van der Waals surface area (Å²) in [4.78, 5) is 31.3. The molecule has 9 nitrogen and oxygen atoms in total. The molecule has 1 fully saturated rings. The van der Waals surface area contributed by atoms with E-state index in [1.165, 1.54) is 15.1 Å². The van der Waals surface area contributed by atoms with E-state index in [0.29, 0.717) is 5.69 Å². The lowest BCUT2D eigenvalue weighted by Crippen LogP contribution is -2.42. The van der Waals surface area contributed by atoms with E-state index >= 15 is 0 Å². The lowest BCUT2D eigenvalue weighted by molar-refractivity contribution is -0.746. The fourth-order valence-electron chi connectivity index (χ4n) is 3.71. The normalized spacial score (nSPS) is 16.4. The van der Waals surface area contributed by atoms with Gasteiger partial charge in [0.1, 0.15) is 5.01 Å². The quantitative estimate of drug-likeness (QED) is 0.363. The second-order valence-electron chi connectivity index (χ2n) is 7.67. The van der Waals surface area contributed by atoms with Crippen LogP contribution in [0.1, 0.15) is 17.7 Å². The molecule has 0 saturated carbocycles. The van der Waals surface area contributed by atoms with Gasteiger partial charge in [-0.3, -0.25) is 14.9 Å². The highest BCUT2D eigenvalue weighted by atomic mass is 32.1. The van der Waals surface area contributed by atoms with Crippen LogP contribution < -0.4 is 20.0 Å². The van der Waals surface area contributed by atoms with Crippen molar-refractivity contribution in [1.82, 2.24) is 15.6 Å². The molecule has 0 bridgehead atoms. The summed E-state index contributed by atoms with van der Waals surface area (Å²) in [6, 6.07) is 12.7. The Hall–Kier alpha value is -3.63. The van der Waals surface area contributed by atoms with Crippen LogP contribution >= 0.6 is 11.3 Å². The molecule has 1 N–H and O–H groups in total. The molecule has 162 valence electrons. The van der Waals surface area contributed by atoms with Gasteiger partial charge in [0.25, 0.3) is 5.91 Å². The maximum Gasteiger partial charge on any atom is 0.251 e. The van der Waals surface area contributed by atoms with Crippen LogP contribution in [0.15, 0.2) is 47.0 Å². The summed E-state index contributed by atoms with van der Waals surface area (Å²) in [5, 5.41) is 19.0. The first kappa shape index (κ1) is 20.3. The average molecular weight is 449 g/mol. The molecule has 3 heterocycles. The first-order valence-electron chi connectivity index (χ1n) is 10.0. The van der Waals surface area contributed by atoms with Crippen LogP contribution in [0.3, 0.4) is 0 Å². The molecular formula is C22H19N5O4S. The molecule has 1 unspecified atom stereocenters. The zero-order valence-corrected chi connectivity index (χ0v) is 18.2. The number of thiazole rings is 1. The fourth-order valence-corrected chi connectivity index (χ4v) is 4.78. The average Bonchev–Trinajstić information content (AvgIpc) is 3.42. The summed E-state index contributed by atoms with van der Waals surface area (Å²) in [6.07, 6.45) is 0.0149. The SMILES string of the molecule is Cc1ccc2nc(-c3ccc(N4C(=O)CC(NCc5c([O-])on[n+]5C)C4=O)cc3)sc2c1. The topological polar surface area (TPSA) is 115 Å². The van der Waals surface area contributed by atoms with E-state index < -0.39 is 12.0 Å². The van der Waals surface area contributed by atoms with Gasteiger partial charge in [-0.25, -0.2) is 9.88 Å². The van der Waals surface area contributed by atoms with E-state index in [-0.39, 0.29) is 30.5 Å². The van der Waals surface area contributed by atoms with Crippen LogP contribution in [-0.4, -0.2) is 28.1 Å². The van der Waals surface area contributed by atoms with E-state index in [9.17, 15) is 14.7 Å². The summed E-state index contributed by atoms with van der Waals surface area (Å²) < 4.78 is 6.99. The third-order valence-corrected chi connectivity index (χ3v) is 6.52. The van der Waals surface area contributed by atoms with Crippen LogP contribution in [0.4, 0.5) is 5.69 Å². The summed E-state index contributed by atoms with van der Waals surface area (Å²) in [7, 11) is 1.57. The highest BCUT2D eigenvalue weighted by Crippen LogP contribution is 2.32. The van der Waals surface area contributed by atoms with Crippen LogP contribution in [0, 0.1) is 6.92 Å². The second kappa shape index (κ2) is 7.81. The minimum Gasteiger partial charge on any atom is -0.539 e. The predicted octanol–water partition coefficient (Wildman–Crippen LogP) is 1.58. The number of anilines is 1. The van der Waals surface area contributed by atoms with Crippen molar-refractivity contribution >= 4 is 39.1 Å². The van der Waals surface area contributed by atoms with E-state index in [0.717, 1.165) is 20.8 Å². The largest absolute Gasteiger partial charge is 0.539 e. The lowest BCUT2D eigenvalue weighted by atomic mass is 10.2. The van der Waals surface area contributed by atoms with Crippen molar-refractivity contribution in [3.05, 3.63) is 53.7 Å². The molecule has 32 heavy (non-hydrogen) atoms. The number of hydrogen-bond acceptors (Lipinski definition) is 8. The van der Waals surface area contributed by atoms with Crippen molar-refractivity contribution in [3.8, 4) is 16.5 Å². The van der Waals surface area contributed by atoms with Gasteiger partial charge in [0, 0.05) is 5.56 Å². The molecule has 1 saturated heterocycles. The molecule has 0 aliphatic carbocycles. The third kappa shape index (κ3) is 3.53. The van der Waals surface area contributed by atoms with Crippen LogP contribution in [-0.2, 0) is 23.2 Å². The third-order valence-electron chi connectivity index (χ3n) is 5.45. The van der Waals surface area contributed by atoms with Crippen molar-refractivity contribution in [2.75, 3.05) is 4.90 Å². The smallest absolute Gasteiger partial charge is 0.251 e. The lowest BCUT2D eigenvalue weighted by Gasteiger charge is -2.15.